The van der Waals surface area contributed by atoms with Gasteiger partial charge in [0.2, 0.25) is 5.91 Å². The molecular weight excluding hydrogens is 326 g/mol. The third kappa shape index (κ3) is 3.12. The lowest BCUT2D eigenvalue weighted by Crippen LogP contribution is -2.15. The fourth-order valence-electron chi connectivity index (χ4n) is 3.06. The quantitative estimate of drug-likeness (QED) is 0.701. The summed E-state index contributed by atoms with van der Waals surface area (Å²) in [5.41, 5.74) is 2.55. The van der Waals surface area contributed by atoms with Crippen molar-refractivity contribution in [2.24, 2.45) is 0 Å². The van der Waals surface area contributed by atoms with Crippen LogP contribution in [-0.4, -0.2) is 16.0 Å². The van der Waals surface area contributed by atoms with Crippen LogP contribution in [0.1, 0.15) is 36.3 Å². The molecule has 5 nitrogen and oxygen atoms in total. The Kier molecular flexibility index (Phi) is 4.53. The monoisotopic (exact) mass is 343 g/mol. The smallest absolute Gasteiger partial charge is 0.224 e. The highest BCUT2D eigenvalue weighted by atomic mass is 35.5. The predicted octanol–water partition coefficient (Wildman–Crippen LogP) is 4.63. The van der Waals surface area contributed by atoms with E-state index in [0.29, 0.717) is 11.6 Å². The number of nitrogens with zero attached hydrogens (tertiary/aromatic N) is 2. The molecule has 0 aliphatic carbocycles. The molecule has 0 radical (unpaired) electrons. The number of benzene rings is 1. The highest BCUT2D eigenvalue weighted by Gasteiger charge is 2.19. The minimum atomic E-state index is -0.0667. The number of nitrogens with one attached hydrogen (secondary N) is 1. The number of halogens is 1. The summed E-state index contributed by atoms with van der Waals surface area (Å²) in [5, 5.41) is 9.03. The topological polar surface area (TPSA) is 68.0 Å². The van der Waals surface area contributed by atoms with Gasteiger partial charge >= 0.3 is 0 Å². The molecule has 1 unspecified atom stereocenters. The van der Waals surface area contributed by atoms with E-state index in [1.54, 1.807) is 6.20 Å². The van der Waals surface area contributed by atoms with E-state index in [4.69, 9.17) is 16.1 Å². The van der Waals surface area contributed by atoms with E-state index in [9.17, 15) is 4.79 Å². The van der Waals surface area contributed by atoms with Crippen molar-refractivity contribution >= 4 is 34.0 Å². The van der Waals surface area contributed by atoms with Crippen LogP contribution in [0.4, 0.5) is 5.69 Å². The maximum Gasteiger partial charge on any atom is 0.224 e. The molecule has 2 heterocycles. The van der Waals surface area contributed by atoms with Gasteiger partial charge in [0.25, 0.3) is 0 Å². The normalized spacial score (nSPS) is 12.3. The van der Waals surface area contributed by atoms with E-state index in [1.807, 2.05) is 45.0 Å². The van der Waals surface area contributed by atoms with Crippen molar-refractivity contribution in [2.45, 2.75) is 33.1 Å². The Balaban J connectivity index is 1.80. The molecule has 24 heavy (non-hydrogen) atoms. The van der Waals surface area contributed by atoms with Gasteiger partial charge in [-0.25, -0.2) is 4.98 Å². The Morgan fingerprint density at radius 2 is 2.08 bits per heavy atom. The van der Waals surface area contributed by atoms with E-state index in [0.717, 1.165) is 33.5 Å². The van der Waals surface area contributed by atoms with Crippen molar-refractivity contribution in [3.63, 3.8) is 0 Å². The summed E-state index contributed by atoms with van der Waals surface area (Å²) in [4.78, 5) is 16.5. The number of amides is 1. The van der Waals surface area contributed by atoms with Gasteiger partial charge in [0, 0.05) is 34.6 Å². The minimum absolute atomic E-state index is 0.0245. The third-order valence-corrected chi connectivity index (χ3v) is 4.41. The molecule has 0 fully saturated rings. The summed E-state index contributed by atoms with van der Waals surface area (Å²) >= 11 is 6.11. The first kappa shape index (κ1) is 16.5. The average Bonchev–Trinajstić information content (AvgIpc) is 2.87. The summed E-state index contributed by atoms with van der Waals surface area (Å²) in [6.45, 7) is 5.75. The van der Waals surface area contributed by atoms with Crippen LogP contribution in [0.5, 0.6) is 0 Å². The largest absolute Gasteiger partial charge is 0.361 e. The number of aromatic nitrogens is 2. The average molecular weight is 344 g/mol. The molecule has 0 saturated heterocycles. The van der Waals surface area contributed by atoms with Crippen LogP contribution in [0, 0.1) is 13.8 Å². The molecule has 1 amide bonds. The van der Waals surface area contributed by atoms with E-state index in [1.165, 1.54) is 0 Å². The van der Waals surface area contributed by atoms with E-state index < -0.39 is 0 Å². The second-order valence-corrected chi connectivity index (χ2v) is 6.25. The Morgan fingerprint density at radius 1 is 1.29 bits per heavy atom. The van der Waals surface area contributed by atoms with Crippen LogP contribution in [0.2, 0.25) is 5.15 Å². The van der Waals surface area contributed by atoms with Crippen LogP contribution in [-0.2, 0) is 4.79 Å². The lowest BCUT2D eigenvalue weighted by atomic mass is 9.96. The zero-order valence-corrected chi connectivity index (χ0v) is 14.5. The summed E-state index contributed by atoms with van der Waals surface area (Å²) < 4.78 is 5.18. The van der Waals surface area contributed by atoms with Crippen molar-refractivity contribution in [3.05, 3.63) is 52.6 Å². The van der Waals surface area contributed by atoms with Gasteiger partial charge < -0.3 is 9.84 Å². The maximum atomic E-state index is 12.5. The lowest BCUT2D eigenvalue weighted by molar-refractivity contribution is -0.116. The van der Waals surface area contributed by atoms with Crippen LogP contribution in [0.25, 0.3) is 10.8 Å². The summed E-state index contributed by atoms with van der Waals surface area (Å²) in [7, 11) is 0. The molecule has 124 valence electrons. The summed E-state index contributed by atoms with van der Waals surface area (Å²) in [5.74, 6) is 0.718. The number of hydrogen-bond acceptors (Lipinski definition) is 4. The molecule has 0 saturated carbocycles. The highest BCUT2D eigenvalue weighted by molar-refractivity contribution is 6.34. The van der Waals surface area contributed by atoms with E-state index in [2.05, 4.69) is 15.5 Å². The van der Waals surface area contributed by atoms with Gasteiger partial charge in [-0.2, -0.15) is 0 Å². The second kappa shape index (κ2) is 6.61. The zero-order chi connectivity index (χ0) is 17.3. The van der Waals surface area contributed by atoms with Crippen molar-refractivity contribution in [1.82, 2.24) is 10.1 Å². The summed E-state index contributed by atoms with van der Waals surface area (Å²) in [6, 6.07) is 7.43. The number of hydrogen-bond donors (Lipinski definition) is 1. The number of fused-ring (bicyclic) bond motifs is 1. The van der Waals surface area contributed by atoms with Gasteiger partial charge in [-0.3, -0.25) is 4.79 Å². The number of aryl methyl sites for hydroxylation is 2. The third-order valence-electron chi connectivity index (χ3n) is 4.10. The molecule has 0 spiro atoms. The first-order valence-electron chi connectivity index (χ1n) is 7.73. The van der Waals surface area contributed by atoms with Gasteiger partial charge in [-0.05, 0) is 31.9 Å². The van der Waals surface area contributed by atoms with Gasteiger partial charge in [0.1, 0.15) is 10.9 Å². The molecule has 1 aromatic carbocycles. The fourth-order valence-corrected chi connectivity index (χ4v) is 3.28. The lowest BCUT2D eigenvalue weighted by Gasteiger charge is -2.13. The number of carbonyl (C=O) groups is 1. The van der Waals surface area contributed by atoms with E-state index in [-0.39, 0.29) is 11.8 Å². The van der Waals surface area contributed by atoms with Crippen molar-refractivity contribution in [1.29, 1.82) is 0 Å². The van der Waals surface area contributed by atoms with Crippen LogP contribution < -0.4 is 5.32 Å². The SMILES string of the molecule is Cc1noc(C)c1C(C)CC(=O)Nc1cccc2c(Cl)nccc12. The number of anilines is 1. The van der Waals surface area contributed by atoms with Crippen molar-refractivity contribution < 1.29 is 9.32 Å². The number of pyridine rings is 1. The predicted molar refractivity (Wildman–Crippen MR) is 94.4 cm³/mol. The Bertz CT molecular complexity index is 885. The standard InChI is InChI=1S/C18H18ClN3O2/c1-10(17-11(2)22-24-12(17)3)9-16(23)21-15-6-4-5-14-13(15)7-8-20-18(14)19/h4-8,10H,9H2,1-3H3,(H,21,23). The molecule has 0 bridgehead atoms. The molecule has 2 aromatic heterocycles. The Morgan fingerprint density at radius 3 is 2.79 bits per heavy atom. The first-order valence-corrected chi connectivity index (χ1v) is 8.11. The molecule has 1 atom stereocenters. The molecule has 0 aliphatic heterocycles. The van der Waals surface area contributed by atoms with Gasteiger partial charge in [0.05, 0.1) is 5.69 Å². The molecule has 6 heteroatoms. The zero-order valence-electron chi connectivity index (χ0n) is 13.8. The minimum Gasteiger partial charge on any atom is -0.361 e. The van der Waals surface area contributed by atoms with Gasteiger partial charge in [0.15, 0.2) is 0 Å². The van der Waals surface area contributed by atoms with Crippen molar-refractivity contribution in [3.8, 4) is 0 Å². The van der Waals surface area contributed by atoms with Crippen LogP contribution >= 0.6 is 11.6 Å². The van der Waals surface area contributed by atoms with Crippen LogP contribution in [0.3, 0.4) is 0 Å². The molecule has 3 aromatic rings. The molecular formula is C18H18ClN3O2. The molecule has 0 aliphatic rings. The van der Waals surface area contributed by atoms with Crippen molar-refractivity contribution in [2.75, 3.05) is 5.32 Å². The molecule has 3 rings (SSSR count). The Hall–Kier alpha value is -2.40. The fraction of sp³-hybridized carbons (Fsp3) is 0.278. The summed E-state index contributed by atoms with van der Waals surface area (Å²) in [6.07, 6.45) is 1.98. The second-order valence-electron chi connectivity index (χ2n) is 5.89. The van der Waals surface area contributed by atoms with Gasteiger partial charge in [-0.15, -0.1) is 0 Å². The van der Waals surface area contributed by atoms with E-state index >= 15 is 0 Å². The Labute approximate surface area is 145 Å². The number of carbonyl (C=O) groups excluding carboxylic acids is 1. The van der Waals surface area contributed by atoms with Gasteiger partial charge in [-0.1, -0.05) is 35.8 Å². The van der Waals surface area contributed by atoms with Crippen LogP contribution in [0.15, 0.2) is 35.0 Å². The maximum absolute atomic E-state index is 12.5. The molecule has 1 N–H and O–H groups in total. The number of rotatable bonds is 4. The highest BCUT2D eigenvalue weighted by Crippen LogP contribution is 2.29. The first-order chi connectivity index (χ1) is 11.5.